The van der Waals surface area contributed by atoms with Crippen LogP contribution in [0.25, 0.3) is 0 Å². The Morgan fingerprint density at radius 2 is 1.76 bits per heavy atom. The molecular weight excluding hydrogens is 212 g/mol. The number of hydrogen-bond acceptors (Lipinski definition) is 3. The molecule has 3 atom stereocenters. The summed E-state index contributed by atoms with van der Waals surface area (Å²) in [5.74, 6) is 0.744. The second-order valence-corrected chi connectivity index (χ2v) is 5.95. The van der Waals surface area contributed by atoms with Gasteiger partial charge in [-0.1, -0.05) is 13.8 Å². The molecule has 102 valence electrons. The molecule has 1 aliphatic heterocycles. The van der Waals surface area contributed by atoms with E-state index in [-0.39, 0.29) is 0 Å². The SMILES string of the molecule is CC(C)CNCCC(C)N1CC(C)OC(C)C1. The maximum absolute atomic E-state index is 5.77. The zero-order valence-electron chi connectivity index (χ0n) is 12.2. The Hall–Kier alpha value is -0.120. The van der Waals surface area contributed by atoms with E-state index in [1.807, 2.05) is 0 Å². The van der Waals surface area contributed by atoms with E-state index in [2.05, 4.69) is 44.8 Å². The molecule has 0 aliphatic carbocycles. The molecule has 3 nitrogen and oxygen atoms in total. The molecule has 1 fully saturated rings. The molecule has 1 rings (SSSR count). The van der Waals surface area contributed by atoms with Crippen LogP contribution in [0.15, 0.2) is 0 Å². The van der Waals surface area contributed by atoms with Gasteiger partial charge in [-0.25, -0.2) is 0 Å². The van der Waals surface area contributed by atoms with Gasteiger partial charge in [-0.05, 0) is 46.2 Å². The van der Waals surface area contributed by atoms with E-state index in [4.69, 9.17) is 4.74 Å². The normalized spacial score (nSPS) is 28.6. The Morgan fingerprint density at radius 3 is 2.29 bits per heavy atom. The smallest absolute Gasteiger partial charge is 0.0678 e. The first-order chi connectivity index (χ1) is 7.99. The molecule has 0 amide bonds. The van der Waals surface area contributed by atoms with Gasteiger partial charge in [0, 0.05) is 19.1 Å². The summed E-state index contributed by atoms with van der Waals surface area (Å²) in [6, 6.07) is 0.656. The topological polar surface area (TPSA) is 24.5 Å². The number of nitrogens with one attached hydrogen (secondary N) is 1. The van der Waals surface area contributed by atoms with Crippen molar-refractivity contribution in [2.45, 2.75) is 59.3 Å². The molecular formula is C14H30N2O. The highest BCUT2D eigenvalue weighted by Crippen LogP contribution is 2.14. The van der Waals surface area contributed by atoms with Gasteiger partial charge >= 0.3 is 0 Å². The van der Waals surface area contributed by atoms with Crippen LogP contribution in [0.4, 0.5) is 0 Å². The number of morpholine rings is 1. The molecule has 3 unspecified atom stereocenters. The third kappa shape index (κ3) is 5.84. The van der Waals surface area contributed by atoms with Crippen molar-refractivity contribution in [3.8, 4) is 0 Å². The molecule has 0 aromatic heterocycles. The molecule has 1 saturated heterocycles. The fraction of sp³-hybridized carbons (Fsp3) is 1.00. The Kier molecular flexibility index (Phi) is 6.45. The monoisotopic (exact) mass is 242 g/mol. The van der Waals surface area contributed by atoms with E-state index in [1.165, 1.54) is 6.42 Å². The molecule has 3 heteroatoms. The predicted molar refractivity (Wildman–Crippen MR) is 73.4 cm³/mol. The molecule has 0 radical (unpaired) electrons. The van der Waals surface area contributed by atoms with Crippen LogP contribution in [0.3, 0.4) is 0 Å². The van der Waals surface area contributed by atoms with Crippen molar-refractivity contribution in [1.29, 1.82) is 0 Å². The van der Waals surface area contributed by atoms with Crippen molar-refractivity contribution in [2.75, 3.05) is 26.2 Å². The highest BCUT2D eigenvalue weighted by molar-refractivity contribution is 4.78. The minimum Gasteiger partial charge on any atom is -0.373 e. The van der Waals surface area contributed by atoms with E-state index in [0.717, 1.165) is 32.1 Å². The lowest BCUT2D eigenvalue weighted by atomic mass is 10.1. The highest BCUT2D eigenvalue weighted by atomic mass is 16.5. The van der Waals surface area contributed by atoms with Gasteiger partial charge in [-0.15, -0.1) is 0 Å². The van der Waals surface area contributed by atoms with Gasteiger partial charge in [0.1, 0.15) is 0 Å². The van der Waals surface area contributed by atoms with Crippen molar-refractivity contribution in [3.63, 3.8) is 0 Å². The molecule has 0 spiro atoms. The largest absolute Gasteiger partial charge is 0.373 e. The van der Waals surface area contributed by atoms with Crippen molar-refractivity contribution < 1.29 is 4.74 Å². The van der Waals surface area contributed by atoms with Crippen LogP contribution in [0.2, 0.25) is 0 Å². The quantitative estimate of drug-likeness (QED) is 0.722. The standard InChI is InChI=1S/C14H30N2O/c1-11(2)8-15-7-6-12(3)16-9-13(4)17-14(5)10-16/h11-15H,6-10H2,1-5H3. The number of nitrogens with zero attached hydrogens (tertiary/aromatic N) is 1. The summed E-state index contributed by atoms with van der Waals surface area (Å²) in [5.41, 5.74) is 0. The first-order valence-corrected chi connectivity index (χ1v) is 7.09. The fourth-order valence-electron chi connectivity index (χ4n) is 2.46. The fourth-order valence-corrected chi connectivity index (χ4v) is 2.46. The zero-order valence-corrected chi connectivity index (χ0v) is 12.2. The van der Waals surface area contributed by atoms with Gasteiger partial charge in [0.05, 0.1) is 12.2 Å². The van der Waals surface area contributed by atoms with Crippen LogP contribution in [0, 0.1) is 5.92 Å². The predicted octanol–water partition coefficient (Wildman–Crippen LogP) is 2.12. The summed E-state index contributed by atoms with van der Waals surface area (Å²) < 4.78 is 5.77. The van der Waals surface area contributed by atoms with Gasteiger partial charge in [0.2, 0.25) is 0 Å². The molecule has 0 aromatic carbocycles. The van der Waals surface area contributed by atoms with Crippen LogP contribution >= 0.6 is 0 Å². The second-order valence-electron chi connectivity index (χ2n) is 5.95. The van der Waals surface area contributed by atoms with Gasteiger partial charge in [0.15, 0.2) is 0 Å². The molecule has 0 saturated carbocycles. The Bertz CT molecular complexity index is 198. The van der Waals surface area contributed by atoms with Gasteiger partial charge in [-0.2, -0.15) is 0 Å². The Balaban J connectivity index is 2.20. The number of rotatable bonds is 6. The molecule has 1 heterocycles. The molecule has 1 aliphatic rings. The van der Waals surface area contributed by atoms with Crippen molar-refractivity contribution in [2.24, 2.45) is 5.92 Å². The summed E-state index contributed by atoms with van der Waals surface area (Å²) in [7, 11) is 0. The van der Waals surface area contributed by atoms with E-state index in [1.54, 1.807) is 0 Å². The van der Waals surface area contributed by atoms with Crippen LogP contribution in [0.1, 0.15) is 41.0 Å². The molecule has 0 bridgehead atoms. The molecule has 17 heavy (non-hydrogen) atoms. The summed E-state index contributed by atoms with van der Waals surface area (Å²) >= 11 is 0. The number of ether oxygens (including phenoxy) is 1. The lowest BCUT2D eigenvalue weighted by molar-refractivity contribution is -0.0790. The second kappa shape index (κ2) is 7.34. The minimum absolute atomic E-state index is 0.379. The Labute approximate surface area is 107 Å². The van der Waals surface area contributed by atoms with E-state index in [0.29, 0.717) is 18.2 Å². The van der Waals surface area contributed by atoms with Gasteiger partial charge in [0.25, 0.3) is 0 Å². The van der Waals surface area contributed by atoms with E-state index in [9.17, 15) is 0 Å². The lowest BCUT2D eigenvalue weighted by Crippen LogP contribution is -2.49. The van der Waals surface area contributed by atoms with E-state index < -0.39 is 0 Å². The first-order valence-electron chi connectivity index (χ1n) is 7.09. The summed E-state index contributed by atoms with van der Waals surface area (Å²) in [4.78, 5) is 2.57. The zero-order chi connectivity index (χ0) is 12.8. The Morgan fingerprint density at radius 1 is 1.18 bits per heavy atom. The summed E-state index contributed by atoms with van der Waals surface area (Å²) in [6.07, 6.45) is 1.99. The van der Waals surface area contributed by atoms with Crippen molar-refractivity contribution >= 4 is 0 Å². The number of hydrogen-bond donors (Lipinski definition) is 1. The summed E-state index contributed by atoms with van der Waals surface area (Å²) in [6.45, 7) is 15.6. The van der Waals surface area contributed by atoms with Crippen LogP contribution in [0.5, 0.6) is 0 Å². The minimum atomic E-state index is 0.379. The van der Waals surface area contributed by atoms with Crippen LogP contribution in [-0.2, 0) is 4.74 Å². The highest BCUT2D eigenvalue weighted by Gasteiger charge is 2.25. The van der Waals surface area contributed by atoms with Crippen LogP contribution < -0.4 is 5.32 Å². The average Bonchev–Trinajstić information content (AvgIpc) is 2.22. The molecule has 1 N–H and O–H groups in total. The van der Waals surface area contributed by atoms with Crippen molar-refractivity contribution in [1.82, 2.24) is 10.2 Å². The van der Waals surface area contributed by atoms with Gasteiger partial charge in [-0.3, -0.25) is 4.90 Å². The maximum atomic E-state index is 5.77. The lowest BCUT2D eigenvalue weighted by Gasteiger charge is -2.39. The first kappa shape index (κ1) is 14.9. The average molecular weight is 242 g/mol. The van der Waals surface area contributed by atoms with E-state index >= 15 is 0 Å². The van der Waals surface area contributed by atoms with Crippen LogP contribution in [-0.4, -0.2) is 49.3 Å². The van der Waals surface area contributed by atoms with Gasteiger partial charge < -0.3 is 10.1 Å². The summed E-state index contributed by atoms with van der Waals surface area (Å²) in [5, 5.41) is 3.52. The maximum Gasteiger partial charge on any atom is 0.0678 e. The van der Waals surface area contributed by atoms with Crippen molar-refractivity contribution in [3.05, 3.63) is 0 Å². The third-order valence-electron chi connectivity index (χ3n) is 3.36. The molecule has 0 aromatic rings. The third-order valence-corrected chi connectivity index (χ3v) is 3.36.